The molecule has 0 saturated carbocycles. The summed E-state index contributed by atoms with van der Waals surface area (Å²) in [6, 6.07) is 1.63. The van der Waals surface area contributed by atoms with E-state index in [4.69, 9.17) is 5.26 Å². The molecule has 0 aliphatic rings. The highest BCUT2D eigenvalue weighted by molar-refractivity contribution is 5.73. The standard InChI is InChI=1S/C6H10N2O/c1-3-6(4-7)8-5(2)9/h6H,3H2,1-2H3,(H,8,9). The van der Waals surface area contributed by atoms with Crippen molar-refractivity contribution in [3.8, 4) is 6.07 Å². The summed E-state index contributed by atoms with van der Waals surface area (Å²) in [4.78, 5) is 10.3. The Kier molecular flexibility index (Phi) is 3.45. The second-order valence-electron chi connectivity index (χ2n) is 1.79. The second kappa shape index (κ2) is 3.90. The Balaban J connectivity index is 3.60. The van der Waals surface area contributed by atoms with E-state index in [-0.39, 0.29) is 11.9 Å². The molecule has 0 heterocycles. The molecule has 0 fully saturated rings. The molecule has 0 spiro atoms. The molecule has 3 nitrogen and oxygen atoms in total. The average Bonchev–Trinajstić information content (AvgIpc) is 1.82. The van der Waals surface area contributed by atoms with Crippen LogP contribution in [0.1, 0.15) is 20.3 Å². The summed E-state index contributed by atoms with van der Waals surface area (Å²) in [7, 11) is 0. The third-order valence-corrected chi connectivity index (χ3v) is 0.942. The van der Waals surface area contributed by atoms with Gasteiger partial charge in [0, 0.05) is 6.92 Å². The first-order chi connectivity index (χ1) is 4.20. The molecule has 0 aliphatic carbocycles. The molecule has 1 unspecified atom stereocenters. The SMILES string of the molecule is CCC(C#N)NC(C)=O. The predicted octanol–water partition coefficient (Wildman–Crippen LogP) is 0.425. The fourth-order valence-corrected chi connectivity index (χ4v) is 0.471. The van der Waals surface area contributed by atoms with Crippen LogP contribution in [0.3, 0.4) is 0 Å². The zero-order valence-corrected chi connectivity index (χ0v) is 5.64. The van der Waals surface area contributed by atoms with Crippen LogP contribution in [0, 0.1) is 11.3 Å². The molecule has 0 aromatic heterocycles. The highest BCUT2D eigenvalue weighted by Gasteiger charge is 2.02. The molecule has 50 valence electrons. The van der Waals surface area contributed by atoms with Gasteiger partial charge < -0.3 is 5.32 Å². The lowest BCUT2D eigenvalue weighted by molar-refractivity contribution is -0.119. The summed E-state index contributed by atoms with van der Waals surface area (Å²) in [5.41, 5.74) is 0. The van der Waals surface area contributed by atoms with Gasteiger partial charge in [-0.15, -0.1) is 0 Å². The summed E-state index contributed by atoms with van der Waals surface area (Å²) in [6.45, 7) is 3.25. The summed E-state index contributed by atoms with van der Waals surface area (Å²) >= 11 is 0. The molecule has 1 amide bonds. The van der Waals surface area contributed by atoms with Crippen molar-refractivity contribution in [2.24, 2.45) is 0 Å². The van der Waals surface area contributed by atoms with Gasteiger partial charge in [0.2, 0.25) is 5.91 Å². The lowest BCUT2D eigenvalue weighted by atomic mass is 10.2. The van der Waals surface area contributed by atoms with Crippen molar-refractivity contribution in [1.29, 1.82) is 5.26 Å². The lowest BCUT2D eigenvalue weighted by Gasteiger charge is -2.04. The van der Waals surface area contributed by atoms with Gasteiger partial charge in [-0.1, -0.05) is 6.92 Å². The number of rotatable bonds is 2. The topological polar surface area (TPSA) is 52.9 Å². The maximum atomic E-state index is 10.3. The zero-order valence-electron chi connectivity index (χ0n) is 5.64. The van der Waals surface area contributed by atoms with Crippen molar-refractivity contribution < 1.29 is 4.79 Å². The number of nitrogens with one attached hydrogen (secondary N) is 1. The number of amides is 1. The van der Waals surface area contributed by atoms with E-state index >= 15 is 0 Å². The van der Waals surface area contributed by atoms with Crippen LogP contribution < -0.4 is 5.32 Å². The Bertz CT molecular complexity index is 136. The van der Waals surface area contributed by atoms with E-state index in [0.29, 0.717) is 6.42 Å². The molecule has 1 atom stereocenters. The largest absolute Gasteiger partial charge is 0.341 e. The third-order valence-electron chi connectivity index (χ3n) is 0.942. The van der Waals surface area contributed by atoms with E-state index in [1.807, 2.05) is 13.0 Å². The zero-order chi connectivity index (χ0) is 7.28. The minimum atomic E-state index is -0.317. The van der Waals surface area contributed by atoms with Gasteiger partial charge in [-0.2, -0.15) is 5.26 Å². The van der Waals surface area contributed by atoms with Crippen molar-refractivity contribution in [2.75, 3.05) is 0 Å². The van der Waals surface area contributed by atoms with Crippen molar-refractivity contribution in [2.45, 2.75) is 26.3 Å². The molecular weight excluding hydrogens is 116 g/mol. The minimum absolute atomic E-state index is 0.150. The Morgan fingerprint density at radius 1 is 1.89 bits per heavy atom. The van der Waals surface area contributed by atoms with Crippen LogP contribution in [0.4, 0.5) is 0 Å². The van der Waals surface area contributed by atoms with Crippen molar-refractivity contribution in [3.05, 3.63) is 0 Å². The number of hydrogen-bond acceptors (Lipinski definition) is 2. The molecule has 0 radical (unpaired) electrons. The lowest BCUT2D eigenvalue weighted by Crippen LogP contribution is -2.30. The van der Waals surface area contributed by atoms with Crippen LogP contribution in [-0.2, 0) is 4.79 Å². The van der Waals surface area contributed by atoms with E-state index in [0.717, 1.165) is 0 Å². The second-order valence-corrected chi connectivity index (χ2v) is 1.79. The molecule has 0 saturated heterocycles. The fraction of sp³-hybridized carbons (Fsp3) is 0.667. The van der Waals surface area contributed by atoms with Gasteiger partial charge in [0.15, 0.2) is 0 Å². The third kappa shape index (κ3) is 3.53. The number of carbonyl (C=O) groups excluding carboxylic acids is 1. The summed E-state index contributed by atoms with van der Waals surface area (Å²) in [5, 5.41) is 10.8. The quantitative estimate of drug-likeness (QED) is 0.583. The van der Waals surface area contributed by atoms with E-state index in [2.05, 4.69) is 5.32 Å². The number of nitrogens with zero attached hydrogens (tertiary/aromatic N) is 1. The predicted molar refractivity (Wildman–Crippen MR) is 33.5 cm³/mol. The Labute approximate surface area is 54.7 Å². The number of nitriles is 1. The van der Waals surface area contributed by atoms with Gasteiger partial charge in [-0.3, -0.25) is 4.79 Å². The molecule has 0 aromatic rings. The number of hydrogen-bond donors (Lipinski definition) is 1. The summed E-state index contributed by atoms with van der Waals surface area (Å²) in [5.74, 6) is -0.150. The molecule has 1 N–H and O–H groups in total. The summed E-state index contributed by atoms with van der Waals surface area (Å²) < 4.78 is 0. The van der Waals surface area contributed by atoms with Gasteiger partial charge in [-0.05, 0) is 6.42 Å². The monoisotopic (exact) mass is 126 g/mol. The maximum Gasteiger partial charge on any atom is 0.217 e. The van der Waals surface area contributed by atoms with Crippen LogP contribution in [0.5, 0.6) is 0 Å². The Morgan fingerprint density at radius 3 is 2.56 bits per heavy atom. The van der Waals surface area contributed by atoms with Crippen molar-refractivity contribution in [1.82, 2.24) is 5.32 Å². The van der Waals surface area contributed by atoms with Crippen molar-refractivity contribution >= 4 is 5.91 Å². The van der Waals surface area contributed by atoms with Crippen LogP contribution >= 0.6 is 0 Å². The highest BCUT2D eigenvalue weighted by atomic mass is 16.1. The Morgan fingerprint density at radius 2 is 2.44 bits per heavy atom. The normalized spacial score (nSPS) is 11.7. The first kappa shape index (κ1) is 7.96. The molecule has 0 aliphatic heterocycles. The molecule has 0 bridgehead atoms. The molecular formula is C6H10N2O. The molecule has 0 aromatic carbocycles. The average molecular weight is 126 g/mol. The van der Waals surface area contributed by atoms with Gasteiger partial charge in [0.1, 0.15) is 6.04 Å². The van der Waals surface area contributed by atoms with Crippen LogP contribution in [0.2, 0.25) is 0 Å². The van der Waals surface area contributed by atoms with E-state index in [9.17, 15) is 4.79 Å². The highest BCUT2D eigenvalue weighted by Crippen LogP contribution is 1.85. The molecule has 0 rings (SSSR count). The summed E-state index contributed by atoms with van der Waals surface area (Å²) in [6.07, 6.45) is 0.663. The van der Waals surface area contributed by atoms with Gasteiger partial charge in [0.25, 0.3) is 0 Å². The molecule has 9 heavy (non-hydrogen) atoms. The van der Waals surface area contributed by atoms with E-state index in [1.54, 1.807) is 0 Å². The first-order valence-corrected chi connectivity index (χ1v) is 2.87. The molecule has 3 heteroatoms. The van der Waals surface area contributed by atoms with E-state index < -0.39 is 0 Å². The van der Waals surface area contributed by atoms with Crippen LogP contribution in [0.15, 0.2) is 0 Å². The smallest absolute Gasteiger partial charge is 0.217 e. The first-order valence-electron chi connectivity index (χ1n) is 2.87. The maximum absolute atomic E-state index is 10.3. The van der Waals surface area contributed by atoms with Gasteiger partial charge in [0.05, 0.1) is 6.07 Å². The Hall–Kier alpha value is -1.04. The fourth-order valence-electron chi connectivity index (χ4n) is 0.471. The van der Waals surface area contributed by atoms with Gasteiger partial charge in [-0.25, -0.2) is 0 Å². The van der Waals surface area contributed by atoms with Gasteiger partial charge >= 0.3 is 0 Å². The van der Waals surface area contributed by atoms with Crippen molar-refractivity contribution in [3.63, 3.8) is 0 Å². The van der Waals surface area contributed by atoms with Crippen LogP contribution in [-0.4, -0.2) is 11.9 Å². The minimum Gasteiger partial charge on any atom is -0.341 e. The van der Waals surface area contributed by atoms with Crippen LogP contribution in [0.25, 0.3) is 0 Å². The number of carbonyl (C=O) groups is 1. The van der Waals surface area contributed by atoms with E-state index in [1.165, 1.54) is 6.92 Å².